The molecule has 0 saturated carbocycles. The van der Waals surface area contributed by atoms with Gasteiger partial charge in [-0.05, 0) is 36.8 Å². The molecule has 1 aromatic heterocycles. The van der Waals surface area contributed by atoms with E-state index in [9.17, 15) is 25.0 Å². The zero-order chi connectivity index (χ0) is 26.5. The van der Waals surface area contributed by atoms with Crippen LogP contribution in [0.15, 0.2) is 77.2 Å². The van der Waals surface area contributed by atoms with Crippen molar-refractivity contribution < 1.29 is 28.5 Å². The Bertz CT molecular complexity index is 1500. The molecule has 0 saturated heterocycles. The molecule has 12 heteroatoms. The monoisotopic (exact) mass is 523 g/mol. The van der Waals surface area contributed by atoms with Gasteiger partial charge in [0, 0.05) is 18.2 Å². The van der Waals surface area contributed by atoms with E-state index in [2.05, 4.69) is 5.32 Å². The largest absolute Gasteiger partial charge is 0.484 e. The molecule has 0 aliphatic carbocycles. The Kier molecular flexibility index (Phi) is 7.35. The first-order chi connectivity index (χ1) is 17.7. The number of rotatable bonds is 9. The lowest BCUT2D eigenvalue weighted by molar-refractivity contribution is -0.385. The number of nitro benzene ring substituents is 2. The van der Waals surface area contributed by atoms with Crippen LogP contribution in [-0.2, 0) is 6.61 Å². The summed E-state index contributed by atoms with van der Waals surface area (Å²) >= 11 is 6.02. The van der Waals surface area contributed by atoms with Crippen LogP contribution < -0.4 is 14.8 Å². The highest BCUT2D eigenvalue weighted by Gasteiger charge is 2.17. The van der Waals surface area contributed by atoms with Crippen LogP contribution in [0.2, 0.25) is 5.02 Å². The second kappa shape index (κ2) is 10.8. The Hall–Kier alpha value is -4.90. The third-order valence-corrected chi connectivity index (χ3v) is 5.37. The molecule has 0 fully saturated rings. The maximum absolute atomic E-state index is 12.7. The second-order valence-corrected chi connectivity index (χ2v) is 8.13. The molecule has 0 aliphatic heterocycles. The number of carbonyl (C=O) groups is 1. The van der Waals surface area contributed by atoms with Crippen molar-refractivity contribution in [2.45, 2.75) is 13.5 Å². The maximum atomic E-state index is 12.7. The summed E-state index contributed by atoms with van der Waals surface area (Å²) in [6.45, 7) is 1.68. The van der Waals surface area contributed by atoms with Crippen molar-refractivity contribution in [1.82, 2.24) is 0 Å². The van der Waals surface area contributed by atoms with Crippen molar-refractivity contribution in [3.63, 3.8) is 0 Å². The summed E-state index contributed by atoms with van der Waals surface area (Å²) in [6, 6.07) is 17.7. The first-order valence-corrected chi connectivity index (χ1v) is 11.1. The van der Waals surface area contributed by atoms with E-state index in [0.29, 0.717) is 5.75 Å². The molecule has 4 aromatic rings. The number of ether oxygens (including phenoxy) is 2. The van der Waals surface area contributed by atoms with E-state index in [-0.39, 0.29) is 51.7 Å². The van der Waals surface area contributed by atoms with Crippen molar-refractivity contribution >= 4 is 34.6 Å². The van der Waals surface area contributed by atoms with Gasteiger partial charge in [0.15, 0.2) is 5.76 Å². The van der Waals surface area contributed by atoms with E-state index >= 15 is 0 Å². The zero-order valence-electron chi connectivity index (χ0n) is 19.2. The molecule has 188 valence electrons. The fourth-order valence-electron chi connectivity index (χ4n) is 3.25. The molecular formula is C25H18ClN3O8. The Morgan fingerprint density at radius 1 is 0.946 bits per heavy atom. The summed E-state index contributed by atoms with van der Waals surface area (Å²) in [4.78, 5) is 33.9. The minimum Gasteiger partial charge on any atom is -0.484 e. The minimum atomic E-state index is -0.665. The van der Waals surface area contributed by atoms with Crippen molar-refractivity contribution in [2.24, 2.45) is 0 Å². The average Bonchev–Trinajstić information content (AvgIpc) is 3.34. The zero-order valence-corrected chi connectivity index (χ0v) is 19.9. The van der Waals surface area contributed by atoms with Crippen LogP contribution in [0.25, 0.3) is 0 Å². The Morgan fingerprint density at radius 2 is 1.70 bits per heavy atom. The number of aryl methyl sites for hydroxylation is 1. The number of hydrogen-bond acceptors (Lipinski definition) is 8. The first-order valence-electron chi connectivity index (χ1n) is 10.7. The highest BCUT2D eigenvalue weighted by molar-refractivity contribution is 6.32. The number of furan rings is 1. The number of halogens is 1. The Balaban J connectivity index is 1.47. The van der Waals surface area contributed by atoms with Crippen molar-refractivity contribution in [3.05, 3.63) is 115 Å². The fraction of sp³-hybridized carbons (Fsp3) is 0.0800. The molecule has 0 atom stereocenters. The van der Waals surface area contributed by atoms with Crippen LogP contribution in [0.1, 0.15) is 21.9 Å². The third kappa shape index (κ3) is 6.21. The van der Waals surface area contributed by atoms with Gasteiger partial charge in [0.2, 0.25) is 0 Å². The standard InChI is InChI=1S/C25H18ClN3O8/c1-15-4-2-3-5-22(15)37-20-11-16(10-18(12-20)29(33)34)27-25(30)23-9-7-19(36-23)14-35-24-13-17(28(31)32)6-8-21(24)26/h2-13H,14H2,1H3,(H,27,30). The third-order valence-electron chi connectivity index (χ3n) is 5.06. The molecule has 1 amide bonds. The van der Waals surface area contributed by atoms with Crippen molar-refractivity contribution in [3.8, 4) is 17.2 Å². The molecule has 0 aliphatic rings. The van der Waals surface area contributed by atoms with Gasteiger partial charge >= 0.3 is 0 Å². The average molecular weight is 524 g/mol. The topological polar surface area (TPSA) is 147 Å². The highest BCUT2D eigenvalue weighted by Crippen LogP contribution is 2.32. The lowest BCUT2D eigenvalue weighted by atomic mass is 10.2. The van der Waals surface area contributed by atoms with E-state index in [1.165, 1.54) is 48.5 Å². The van der Waals surface area contributed by atoms with Gasteiger partial charge in [0.1, 0.15) is 29.6 Å². The summed E-state index contributed by atoms with van der Waals surface area (Å²) in [7, 11) is 0. The highest BCUT2D eigenvalue weighted by atomic mass is 35.5. The quantitative estimate of drug-likeness (QED) is 0.188. The number of nitrogens with one attached hydrogen (secondary N) is 1. The van der Waals surface area contributed by atoms with Gasteiger partial charge in [-0.1, -0.05) is 29.8 Å². The van der Waals surface area contributed by atoms with Crippen LogP contribution in [0.5, 0.6) is 17.2 Å². The molecule has 3 aromatic carbocycles. The molecule has 0 spiro atoms. The lowest BCUT2D eigenvalue weighted by Crippen LogP contribution is -2.11. The van der Waals surface area contributed by atoms with Gasteiger partial charge in [0.05, 0.1) is 32.7 Å². The molecule has 1 N–H and O–H groups in total. The number of amides is 1. The van der Waals surface area contributed by atoms with Crippen LogP contribution in [0.4, 0.5) is 17.1 Å². The van der Waals surface area contributed by atoms with Crippen molar-refractivity contribution in [2.75, 3.05) is 5.32 Å². The van der Waals surface area contributed by atoms with Crippen LogP contribution >= 0.6 is 11.6 Å². The summed E-state index contributed by atoms with van der Waals surface area (Å²) < 4.78 is 16.8. The normalized spacial score (nSPS) is 10.5. The number of non-ortho nitro benzene ring substituents is 2. The van der Waals surface area contributed by atoms with Gasteiger partial charge < -0.3 is 19.2 Å². The summed E-state index contributed by atoms with van der Waals surface area (Å²) in [5.74, 6) is 0.256. The number of anilines is 1. The first kappa shape index (κ1) is 25.2. The predicted octanol–water partition coefficient (Wildman–Crippen LogP) is 6.68. The maximum Gasteiger partial charge on any atom is 0.291 e. The molecular weight excluding hydrogens is 506 g/mol. The number of carbonyl (C=O) groups excluding carboxylic acids is 1. The van der Waals surface area contributed by atoms with Crippen LogP contribution in [0.3, 0.4) is 0 Å². The van der Waals surface area contributed by atoms with E-state index in [1.807, 2.05) is 19.1 Å². The number of nitro groups is 2. The summed E-state index contributed by atoms with van der Waals surface area (Å²) in [5, 5.41) is 25.1. The fourth-order valence-corrected chi connectivity index (χ4v) is 3.43. The molecule has 4 rings (SSSR count). The molecule has 37 heavy (non-hydrogen) atoms. The van der Waals surface area contributed by atoms with Gasteiger partial charge in [-0.3, -0.25) is 25.0 Å². The Morgan fingerprint density at radius 3 is 2.43 bits per heavy atom. The van der Waals surface area contributed by atoms with Gasteiger partial charge in [-0.2, -0.15) is 0 Å². The SMILES string of the molecule is Cc1ccccc1Oc1cc(NC(=O)c2ccc(COc3cc([N+](=O)[O-])ccc3Cl)o2)cc([N+](=O)[O-])c1. The molecule has 0 radical (unpaired) electrons. The second-order valence-electron chi connectivity index (χ2n) is 7.72. The molecule has 0 bridgehead atoms. The lowest BCUT2D eigenvalue weighted by Gasteiger charge is -2.10. The Labute approximate surface area is 214 Å². The van der Waals surface area contributed by atoms with E-state index in [4.69, 9.17) is 25.5 Å². The van der Waals surface area contributed by atoms with E-state index < -0.39 is 15.8 Å². The number of benzene rings is 3. The van der Waals surface area contributed by atoms with Crippen LogP contribution in [0, 0.1) is 27.2 Å². The van der Waals surface area contributed by atoms with Gasteiger partial charge in [-0.15, -0.1) is 0 Å². The number of para-hydroxylation sites is 1. The van der Waals surface area contributed by atoms with E-state index in [1.54, 1.807) is 12.1 Å². The van der Waals surface area contributed by atoms with Gasteiger partial charge in [-0.25, -0.2) is 0 Å². The van der Waals surface area contributed by atoms with E-state index in [0.717, 1.165) is 5.56 Å². The molecule has 0 unspecified atom stereocenters. The smallest absolute Gasteiger partial charge is 0.291 e. The minimum absolute atomic E-state index is 0.0797. The van der Waals surface area contributed by atoms with Gasteiger partial charge in [0.25, 0.3) is 17.3 Å². The predicted molar refractivity (Wildman–Crippen MR) is 133 cm³/mol. The molecule has 1 heterocycles. The summed E-state index contributed by atoms with van der Waals surface area (Å²) in [5.41, 5.74) is 0.488. The van der Waals surface area contributed by atoms with Crippen LogP contribution in [-0.4, -0.2) is 15.8 Å². The molecule has 11 nitrogen and oxygen atoms in total. The number of nitrogens with zero attached hydrogens (tertiary/aromatic N) is 2. The summed E-state index contributed by atoms with van der Waals surface area (Å²) in [6.07, 6.45) is 0. The number of hydrogen-bond donors (Lipinski definition) is 1. The van der Waals surface area contributed by atoms with Crippen molar-refractivity contribution in [1.29, 1.82) is 0 Å².